The maximum Gasteiger partial charge on any atom is 0.268 e. The normalized spacial score (nSPS) is 12.4. The summed E-state index contributed by atoms with van der Waals surface area (Å²) in [5.41, 5.74) is 1.25. The van der Waals surface area contributed by atoms with Gasteiger partial charge in [0.05, 0.1) is 12.8 Å². The second-order valence-electron chi connectivity index (χ2n) is 7.41. The average molecular weight is 523 g/mol. The van der Waals surface area contributed by atoms with Crippen molar-refractivity contribution < 1.29 is 27.4 Å². The van der Waals surface area contributed by atoms with Gasteiger partial charge in [-0.2, -0.15) is 0 Å². The fourth-order valence-corrected chi connectivity index (χ4v) is 5.57. The van der Waals surface area contributed by atoms with Crippen LogP contribution in [0.25, 0.3) is 0 Å². The number of ether oxygens (including phenoxy) is 3. The van der Waals surface area contributed by atoms with Crippen LogP contribution in [0.15, 0.2) is 59.5 Å². The number of carbonyl (C=O) groups excluding carboxylic acids is 1. The summed E-state index contributed by atoms with van der Waals surface area (Å²) in [5, 5.41) is 3.12. The Morgan fingerprint density at radius 3 is 2.44 bits per heavy atom. The summed E-state index contributed by atoms with van der Waals surface area (Å²) in [5.74, 6) is 0.584. The molecule has 4 rings (SSSR count). The topological polar surface area (TPSA) is 94.2 Å². The van der Waals surface area contributed by atoms with E-state index in [1.807, 2.05) is 0 Å². The highest BCUT2D eigenvalue weighted by molar-refractivity contribution is 7.93. The third-order valence-electron chi connectivity index (χ3n) is 4.97. The van der Waals surface area contributed by atoms with Gasteiger partial charge in [-0.25, -0.2) is 8.42 Å². The second kappa shape index (κ2) is 9.61. The summed E-state index contributed by atoms with van der Waals surface area (Å²) < 4.78 is 44.4. The van der Waals surface area contributed by atoms with E-state index in [-0.39, 0.29) is 33.2 Å². The molecule has 3 aromatic carbocycles. The summed E-state index contributed by atoms with van der Waals surface area (Å²) >= 11 is 12.3. The molecule has 1 amide bonds. The highest BCUT2D eigenvalue weighted by atomic mass is 35.5. The molecule has 11 heteroatoms. The minimum absolute atomic E-state index is 0.0899. The van der Waals surface area contributed by atoms with Crippen molar-refractivity contribution >= 4 is 50.5 Å². The molecule has 1 N–H and O–H groups in total. The lowest BCUT2D eigenvalue weighted by molar-refractivity contribution is -0.114. The van der Waals surface area contributed by atoms with E-state index >= 15 is 0 Å². The summed E-state index contributed by atoms with van der Waals surface area (Å²) in [6, 6.07) is 13.9. The number of rotatable bonds is 7. The van der Waals surface area contributed by atoms with Gasteiger partial charge in [-0.15, -0.1) is 0 Å². The number of anilines is 2. The van der Waals surface area contributed by atoms with E-state index in [0.717, 1.165) is 4.31 Å². The SMILES string of the molecule is COc1ccc(C)cc1S(=O)(=O)N(CC(=O)Nc1ccc2c(c1)OCO2)c1cc(Cl)cc(Cl)c1. The van der Waals surface area contributed by atoms with Crippen molar-refractivity contribution in [2.45, 2.75) is 11.8 Å². The molecule has 0 unspecified atom stereocenters. The molecule has 0 atom stereocenters. The van der Waals surface area contributed by atoms with Crippen LogP contribution >= 0.6 is 23.2 Å². The molecule has 3 aromatic rings. The molecule has 1 aliphatic rings. The molecule has 0 fully saturated rings. The van der Waals surface area contributed by atoms with Crippen LogP contribution in [0.3, 0.4) is 0 Å². The van der Waals surface area contributed by atoms with Crippen molar-refractivity contribution in [3.63, 3.8) is 0 Å². The smallest absolute Gasteiger partial charge is 0.268 e. The molecular formula is C23H20Cl2N2O6S. The highest BCUT2D eigenvalue weighted by Crippen LogP contribution is 2.35. The molecule has 0 aromatic heterocycles. The Bertz CT molecular complexity index is 1340. The maximum atomic E-state index is 13.8. The quantitative estimate of drug-likeness (QED) is 0.475. The Morgan fingerprint density at radius 1 is 1.03 bits per heavy atom. The van der Waals surface area contributed by atoms with Gasteiger partial charge in [-0.05, 0) is 55.0 Å². The van der Waals surface area contributed by atoms with E-state index in [1.165, 1.54) is 31.4 Å². The van der Waals surface area contributed by atoms with Crippen LogP contribution in [0.5, 0.6) is 17.2 Å². The number of nitrogens with one attached hydrogen (secondary N) is 1. The first kappa shape index (κ1) is 24.0. The van der Waals surface area contributed by atoms with Gasteiger partial charge in [0, 0.05) is 21.8 Å². The van der Waals surface area contributed by atoms with E-state index in [0.29, 0.717) is 22.7 Å². The number of fused-ring (bicyclic) bond motifs is 1. The van der Waals surface area contributed by atoms with Crippen molar-refractivity contribution in [3.8, 4) is 17.2 Å². The zero-order valence-electron chi connectivity index (χ0n) is 18.2. The zero-order valence-corrected chi connectivity index (χ0v) is 20.5. The molecule has 0 saturated carbocycles. The van der Waals surface area contributed by atoms with Crippen molar-refractivity contribution in [3.05, 3.63) is 70.2 Å². The van der Waals surface area contributed by atoms with Crippen LogP contribution < -0.4 is 23.8 Å². The van der Waals surface area contributed by atoms with Gasteiger partial charge in [-0.1, -0.05) is 29.3 Å². The summed E-state index contributed by atoms with van der Waals surface area (Å²) in [4.78, 5) is 12.9. The lowest BCUT2D eigenvalue weighted by atomic mass is 10.2. The van der Waals surface area contributed by atoms with Gasteiger partial charge in [0.2, 0.25) is 12.7 Å². The van der Waals surface area contributed by atoms with Crippen LogP contribution in [0.4, 0.5) is 11.4 Å². The number of carbonyl (C=O) groups is 1. The first-order valence-corrected chi connectivity index (χ1v) is 12.2. The Labute approximate surface area is 207 Å². The van der Waals surface area contributed by atoms with Gasteiger partial charge in [0.15, 0.2) is 11.5 Å². The number of amides is 1. The summed E-state index contributed by atoms with van der Waals surface area (Å²) in [6.07, 6.45) is 0. The van der Waals surface area contributed by atoms with Gasteiger partial charge >= 0.3 is 0 Å². The number of sulfonamides is 1. The predicted molar refractivity (Wildman–Crippen MR) is 130 cm³/mol. The fraction of sp³-hybridized carbons (Fsp3) is 0.174. The maximum absolute atomic E-state index is 13.8. The predicted octanol–water partition coefficient (Wildman–Crippen LogP) is 4.87. The average Bonchev–Trinajstić information content (AvgIpc) is 3.24. The molecule has 1 aliphatic heterocycles. The van der Waals surface area contributed by atoms with Crippen molar-refractivity contribution in [2.75, 3.05) is 30.1 Å². The first-order chi connectivity index (χ1) is 16.2. The van der Waals surface area contributed by atoms with E-state index < -0.39 is 22.5 Å². The summed E-state index contributed by atoms with van der Waals surface area (Å²) in [6.45, 7) is 1.29. The Balaban J connectivity index is 1.71. The highest BCUT2D eigenvalue weighted by Gasteiger charge is 2.31. The molecule has 0 radical (unpaired) electrons. The Morgan fingerprint density at radius 2 is 1.74 bits per heavy atom. The van der Waals surface area contributed by atoms with Crippen LogP contribution in [0.1, 0.15) is 5.56 Å². The standard InChI is InChI=1S/C23H20Cl2N2O6S/c1-14-3-5-20(31-2)22(7-14)34(29,30)27(18-9-15(24)8-16(25)10-18)12-23(28)26-17-4-6-19-21(11-17)33-13-32-19/h3-11H,12-13H2,1-2H3,(H,26,28). The number of aryl methyl sites for hydroxylation is 1. The molecule has 178 valence electrons. The first-order valence-electron chi connectivity index (χ1n) is 10.0. The second-order valence-corrected chi connectivity index (χ2v) is 10.1. The fourth-order valence-electron chi connectivity index (χ4n) is 3.41. The number of hydrogen-bond donors (Lipinski definition) is 1. The number of hydrogen-bond acceptors (Lipinski definition) is 6. The molecule has 0 aliphatic carbocycles. The number of nitrogens with zero attached hydrogens (tertiary/aromatic N) is 1. The minimum atomic E-state index is -4.26. The van der Waals surface area contributed by atoms with E-state index in [1.54, 1.807) is 37.3 Å². The molecule has 0 saturated heterocycles. The number of methoxy groups -OCH3 is 1. The Hall–Kier alpha value is -3.14. The van der Waals surface area contributed by atoms with Crippen LogP contribution in [0, 0.1) is 6.92 Å². The van der Waals surface area contributed by atoms with Crippen molar-refractivity contribution in [1.29, 1.82) is 0 Å². The monoisotopic (exact) mass is 522 g/mol. The van der Waals surface area contributed by atoms with Crippen LogP contribution in [0.2, 0.25) is 10.0 Å². The van der Waals surface area contributed by atoms with Gasteiger partial charge < -0.3 is 19.5 Å². The zero-order chi connectivity index (χ0) is 24.5. The Kier molecular flexibility index (Phi) is 6.79. The lowest BCUT2D eigenvalue weighted by Crippen LogP contribution is -2.38. The molecule has 0 spiro atoms. The molecule has 0 bridgehead atoms. The van der Waals surface area contributed by atoms with Crippen molar-refractivity contribution in [1.82, 2.24) is 0 Å². The molecular weight excluding hydrogens is 503 g/mol. The largest absolute Gasteiger partial charge is 0.495 e. The minimum Gasteiger partial charge on any atom is -0.495 e. The van der Waals surface area contributed by atoms with E-state index in [4.69, 9.17) is 37.4 Å². The number of halogens is 2. The van der Waals surface area contributed by atoms with E-state index in [9.17, 15) is 13.2 Å². The van der Waals surface area contributed by atoms with Gasteiger partial charge in [-0.3, -0.25) is 9.10 Å². The third kappa shape index (κ3) is 5.01. The van der Waals surface area contributed by atoms with Crippen LogP contribution in [-0.2, 0) is 14.8 Å². The molecule has 34 heavy (non-hydrogen) atoms. The van der Waals surface area contributed by atoms with Crippen molar-refractivity contribution in [2.24, 2.45) is 0 Å². The van der Waals surface area contributed by atoms with Crippen LogP contribution in [-0.4, -0.2) is 34.8 Å². The van der Waals surface area contributed by atoms with Gasteiger partial charge in [0.1, 0.15) is 17.2 Å². The molecule has 8 nitrogen and oxygen atoms in total. The third-order valence-corrected chi connectivity index (χ3v) is 7.20. The summed E-state index contributed by atoms with van der Waals surface area (Å²) in [7, 11) is -2.89. The lowest BCUT2D eigenvalue weighted by Gasteiger charge is -2.25. The van der Waals surface area contributed by atoms with Gasteiger partial charge in [0.25, 0.3) is 10.0 Å². The van der Waals surface area contributed by atoms with E-state index in [2.05, 4.69) is 5.32 Å². The number of benzene rings is 3. The molecule has 1 heterocycles.